The summed E-state index contributed by atoms with van der Waals surface area (Å²) in [5.74, 6) is 0. The molecule has 14 heavy (non-hydrogen) atoms. The largest absolute Gasteiger partial charge is 0.192 e. The maximum atomic E-state index is 8.69. The summed E-state index contributed by atoms with van der Waals surface area (Å²) in [5.41, 5.74) is 2.62. The van der Waals surface area contributed by atoms with Gasteiger partial charge in [0.05, 0.1) is 3.39 Å². The van der Waals surface area contributed by atoms with Gasteiger partial charge in [-0.3, -0.25) is 0 Å². The van der Waals surface area contributed by atoms with E-state index in [1.165, 1.54) is 5.57 Å². The Morgan fingerprint density at radius 3 is 1.71 bits per heavy atom. The Morgan fingerprint density at radius 1 is 0.929 bits per heavy atom. The molecule has 1 saturated carbocycles. The Morgan fingerprint density at radius 2 is 1.36 bits per heavy atom. The van der Waals surface area contributed by atoms with Crippen LogP contribution in [0.2, 0.25) is 0 Å². The molecular weight excluding hydrogens is 308 g/mol. The predicted octanol–water partition coefficient (Wildman–Crippen LogP) is 3.91. The zero-order chi connectivity index (χ0) is 10.6. The zero-order valence-corrected chi connectivity index (χ0v) is 10.7. The first-order chi connectivity index (χ1) is 6.69. The Hall–Kier alpha value is -0.580. The molecule has 0 bridgehead atoms. The third-order valence-electron chi connectivity index (χ3n) is 2.30. The molecule has 2 nitrogen and oxygen atoms in total. The van der Waals surface area contributed by atoms with Crippen LogP contribution in [-0.4, -0.2) is 0 Å². The van der Waals surface area contributed by atoms with Gasteiger partial charge in [0.15, 0.2) is 0 Å². The number of halogens is 2. The Kier molecular flexibility index (Phi) is 4.38. The highest BCUT2D eigenvalue weighted by Crippen LogP contribution is 2.34. The summed E-state index contributed by atoms with van der Waals surface area (Å²) < 4.78 is 1.01. The van der Waals surface area contributed by atoms with Crippen molar-refractivity contribution in [2.45, 2.75) is 25.7 Å². The van der Waals surface area contributed by atoms with E-state index >= 15 is 0 Å². The summed E-state index contributed by atoms with van der Waals surface area (Å²) in [7, 11) is 0. The molecule has 0 amide bonds. The van der Waals surface area contributed by atoms with Gasteiger partial charge in [0, 0.05) is 0 Å². The second-order valence-corrected chi connectivity index (χ2v) is 5.72. The Bertz CT molecular complexity index is 348. The van der Waals surface area contributed by atoms with Crippen LogP contribution < -0.4 is 0 Å². The molecular formula is C10H8Br2N2. The molecule has 0 saturated heterocycles. The van der Waals surface area contributed by atoms with Crippen molar-refractivity contribution < 1.29 is 0 Å². The first-order valence-electron chi connectivity index (χ1n) is 4.24. The van der Waals surface area contributed by atoms with Crippen molar-refractivity contribution in [2.75, 3.05) is 0 Å². The second kappa shape index (κ2) is 5.34. The fourth-order valence-corrected chi connectivity index (χ4v) is 2.27. The lowest BCUT2D eigenvalue weighted by Gasteiger charge is -2.17. The molecule has 0 heterocycles. The third-order valence-corrected chi connectivity index (χ3v) is 3.42. The predicted molar refractivity (Wildman–Crippen MR) is 61.6 cm³/mol. The highest BCUT2D eigenvalue weighted by Gasteiger charge is 2.15. The number of rotatable bonds is 0. The van der Waals surface area contributed by atoms with Gasteiger partial charge >= 0.3 is 0 Å². The molecule has 0 atom stereocenters. The summed E-state index contributed by atoms with van der Waals surface area (Å²) in [6.45, 7) is 0. The minimum absolute atomic E-state index is 0.301. The minimum Gasteiger partial charge on any atom is -0.192 e. The molecule has 0 N–H and O–H groups in total. The molecule has 4 heteroatoms. The van der Waals surface area contributed by atoms with Crippen molar-refractivity contribution in [1.29, 1.82) is 10.5 Å². The zero-order valence-electron chi connectivity index (χ0n) is 7.48. The van der Waals surface area contributed by atoms with Gasteiger partial charge in [-0.05, 0) is 68.7 Å². The smallest absolute Gasteiger partial charge is 0.128 e. The number of nitriles is 2. The molecule has 0 aliphatic heterocycles. The van der Waals surface area contributed by atoms with Crippen molar-refractivity contribution >= 4 is 31.9 Å². The first-order valence-corrected chi connectivity index (χ1v) is 5.83. The average Bonchev–Trinajstić information content (AvgIpc) is 2.20. The van der Waals surface area contributed by atoms with Crippen LogP contribution in [0.5, 0.6) is 0 Å². The highest BCUT2D eigenvalue weighted by molar-refractivity contribution is 9.28. The fourth-order valence-electron chi connectivity index (χ4n) is 1.48. The average molecular weight is 316 g/mol. The summed E-state index contributed by atoms with van der Waals surface area (Å²) >= 11 is 6.75. The van der Waals surface area contributed by atoms with E-state index in [4.69, 9.17) is 10.5 Å². The van der Waals surface area contributed by atoms with Crippen LogP contribution in [0.4, 0.5) is 0 Å². The van der Waals surface area contributed by atoms with Crippen molar-refractivity contribution in [1.82, 2.24) is 0 Å². The van der Waals surface area contributed by atoms with Crippen LogP contribution in [0.3, 0.4) is 0 Å². The number of hydrogen-bond acceptors (Lipinski definition) is 2. The van der Waals surface area contributed by atoms with Crippen molar-refractivity contribution in [3.8, 4) is 12.1 Å². The third kappa shape index (κ3) is 2.70. The van der Waals surface area contributed by atoms with Crippen LogP contribution in [-0.2, 0) is 0 Å². The normalized spacial score (nSPS) is 15.7. The molecule has 0 unspecified atom stereocenters. The van der Waals surface area contributed by atoms with E-state index in [0.717, 1.165) is 34.6 Å². The van der Waals surface area contributed by atoms with E-state index < -0.39 is 0 Å². The fraction of sp³-hybridized carbons (Fsp3) is 0.400. The number of hydrogen-bond donors (Lipinski definition) is 0. The van der Waals surface area contributed by atoms with Crippen LogP contribution >= 0.6 is 31.9 Å². The van der Waals surface area contributed by atoms with Crippen LogP contribution in [0.25, 0.3) is 0 Å². The van der Waals surface area contributed by atoms with Gasteiger partial charge in [0.25, 0.3) is 0 Å². The van der Waals surface area contributed by atoms with E-state index in [0.29, 0.717) is 5.57 Å². The minimum atomic E-state index is 0.301. The molecule has 0 radical (unpaired) electrons. The summed E-state index contributed by atoms with van der Waals surface area (Å²) in [5, 5.41) is 17.4. The molecule has 1 aliphatic carbocycles. The van der Waals surface area contributed by atoms with Gasteiger partial charge in [-0.2, -0.15) is 10.5 Å². The molecule has 0 spiro atoms. The topological polar surface area (TPSA) is 47.6 Å². The standard InChI is InChI=1S/C10H8Br2N2/c11-10(12)8-3-1-7(2-4-8)9(5-13)6-14/h1-4H2. The monoisotopic (exact) mass is 314 g/mol. The quantitative estimate of drug-likeness (QED) is 0.636. The second-order valence-electron chi connectivity index (χ2n) is 3.07. The summed E-state index contributed by atoms with van der Waals surface area (Å²) in [6, 6.07) is 3.89. The van der Waals surface area contributed by atoms with Gasteiger partial charge in [-0.25, -0.2) is 0 Å². The molecule has 1 aliphatic rings. The Labute approximate surface area is 100 Å². The maximum Gasteiger partial charge on any atom is 0.128 e. The van der Waals surface area contributed by atoms with Crippen LogP contribution in [0, 0.1) is 22.7 Å². The number of nitrogens with zero attached hydrogens (tertiary/aromatic N) is 2. The Balaban J connectivity index is 2.80. The SMILES string of the molecule is N#CC(C#N)=C1CCC(=C(Br)Br)CC1. The maximum absolute atomic E-state index is 8.69. The molecule has 0 aromatic rings. The van der Waals surface area contributed by atoms with Gasteiger partial charge in [0.1, 0.15) is 17.7 Å². The van der Waals surface area contributed by atoms with E-state index in [-0.39, 0.29) is 0 Å². The lowest BCUT2D eigenvalue weighted by molar-refractivity contribution is 0.726. The van der Waals surface area contributed by atoms with Crippen LogP contribution in [0.15, 0.2) is 20.1 Å². The van der Waals surface area contributed by atoms with Gasteiger partial charge in [0.2, 0.25) is 0 Å². The van der Waals surface area contributed by atoms with Gasteiger partial charge in [-0.15, -0.1) is 0 Å². The lowest BCUT2D eigenvalue weighted by atomic mass is 9.89. The summed E-state index contributed by atoms with van der Waals surface area (Å²) in [4.78, 5) is 0. The molecule has 0 aromatic carbocycles. The van der Waals surface area contributed by atoms with E-state index in [2.05, 4.69) is 31.9 Å². The van der Waals surface area contributed by atoms with E-state index in [1.807, 2.05) is 12.1 Å². The molecule has 0 aromatic heterocycles. The summed E-state index contributed by atoms with van der Waals surface area (Å²) in [6.07, 6.45) is 3.50. The lowest BCUT2D eigenvalue weighted by Crippen LogP contribution is -2.00. The van der Waals surface area contributed by atoms with E-state index in [1.54, 1.807) is 0 Å². The van der Waals surface area contributed by atoms with Crippen LogP contribution in [0.1, 0.15) is 25.7 Å². The molecule has 1 rings (SSSR count). The van der Waals surface area contributed by atoms with Crippen molar-refractivity contribution in [2.24, 2.45) is 0 Å². The van der Waals surface area contributed by atoms with Crippen molar-refractivity contribution in [3.05, 3.63) is 20.1 Å². The first kappa shape index (κ1) is 11.5. The highest BCUT2D eigenvalue weighted by atomic mass is 79.9. The molecule has 72 valence electrons. The molecule has 1 fully saturated rings. The van der Waals surface area contributed by atoms with Gasteiger partial charge in [-0.1, -0.05) is 0 Å². The van der Waals surface area contributed by atoms with E-state index in [9.17, 15) is 0 Å². The van der Waals surface area contributed by atoms with Crippen molar-refractivity contribution in [3.63, 3.8) is 0 Å². The number of allylic oxidation sites excluding steroid dienone is 3. The van der Waals surface area contributed by atoms with Gasteiger partial charge < -0.3 is 0 Å².